The fourth-order valence-electron chi connectivity index (χ4n) is 1.80. The summed E-state index contributed by atoms with van der Waals surface area (Å²) in [6.45, 7) is 0.337. The molecule has 20 heavy (non-hydrogen) atoms. The van der Waals surface area contributed by atoms with E-state index in [4.69, 9.17) is 27.8 Å². The standard InChI is InChI=1S/C14H15ClFN3O/c15-12-10(17)8-11(18)14(13(12)16)20-7-1-2-9-3-5-19-6-4-9/h3-6,8H,1-2,7,17-18H2. The van der Waals surface area contributed by atoms with Crippen LogP contribution in [-0.2, 0) is 6.42 Å². The molecule has 6 heteroatoms. The first-order valence-electron chi connectivity index (χ1n) is 6.14. The van der Waals surface area contributed by atoms with E-state index in [0.29, 0.717) is 6.61 Å². The van der Waals surface area contributed by atoms with Crippen molar-refractivity contribution in [3.8, 4) is 5.75 Å². The molecule has 4 nitrogen and oxygen atoms in total. The van der Waals surface area contributed by atoms with E-state index in [1.165, 1.54) is 6.07 Å². The van der Waals surface area contributed by atoms with Crippen molar-refractivity contribution in [2.24, 2.45) is 0 Å². The first-order chi connectivity index (χ1) is 9.59. The number of hydrogen-bond donors (Lipinski definition) is 2. The summed E-state index contributed by atoms with van der Waals surface area (Å²) in [5.74, 6) is -0.757. The van der Waals surface area contributed by atoms with Crippen LogP contribution in [0.25, 0.3) is 0 Å². The third kappa shape index (κ3) is 3.30. The number of ether oxygens (including phenoxy) is 1. The highest BCUT2D eigenvalue weighted by Crippen LogP contribution is 2.35. The van der Waals surface area contributed by atoms with Gasteiger partial charge in [-0.1, -0.05) is 11.6 Å². The summed E-state index contributed by atoms with van der Waals surface area (Å²) in [5.41, 5.74) is 12.6. The molecule has 106 valence electrons. The number of halogens is 2. The van der Waals surface area contributed by atoms with E-state index in [1.54, 1.807) is 12.4 Å². The van der Waals surface area contributed by atoms with E-state index >= 15 is 0 Å². The molecule has 0 aliphatic rings. The fraction of sp³-hybridized carbons (Fsp3) is 0.214. The van der Waals surface area contributed by atoms with E-state index in [9.17, 15) is 4.39 Å². The number of aromatic nitrogens is 1. The lowest BCUT2D eigenvalue weighted by atomic mass is 10.1. The minimum absolute atomic E-state index is 0.0427. The first-order valence-corrected chi connectivity index (χ1v) is 6.52. The van der Waals surface area contributed by atoms with Crippen LogP contribution in [0.2, 0.25) is 5.02 Å². The molecule has 0 saturated carbocycles. The van der Waals surface area contributed by atoms with Gasteiger partial charge in [-0.25, -0.2) is 4.39 Å². The van der Waals surface area contributed by atoms with Crippen molar-refractivity contribution in [3.05, 3.63) is 47.0 Å². The molecule has 0 aliphatic heterocycles. The maximum Gasteiger partial charge on any atom is 0.187 e. The predicted octanol–water partition coefficient (Wildman–Crippen LogP) is 3.05. The Labute approximate surface area is 121 Å². The van der Waals surface area contributed by atoms with E-state index in [2.05, 4.69) is 4.98 Å². The van der Waals surface area contributed by atoms with Crippen molar-refractivity contribution in [1.29, 1.82) is 0 Å². The predicted molar refractivity (Wildman–Crippen MR) is 78.3 cm³/mol. The van der Waals surface area contributed by atoms with Gasteiger partial charge in [0.15, 0.2) is 11.6 Å². The summed E-state index contributed by atoms with van der Waals surface area (Å²) in [6, 6.07) is 5.24. The van der Waals surface area contributed by atoms with Gasteiger partial charge in [-0.05, 0) is 36.6 Å². The van der Waals surface area contributed by atoms with Gasteiger partial charge < -0.3 is 16.2 Å². The summed E-state index contributed by atoms with van der Waals surface area (Å²) in [4.78, 5) is 3.94. The van der Waals surface area contributed by atoms with Gasteiger partial charge in [-0.3, -0.25) is 4.98 Å². The quantitative estimate of drug-likeness (QED) is 0.657. The van der Waals surface area contributed by atoms with Crippen LogP contribution in [-0.4, -0.2) is 11.6 Å². The Kier molecular flexibility index (Phi) is 4.63. The molecule has 2 aromatic rings. The van der Waals surface area contributed by atoms with Gasteiger partial charge in [-0.15, -0.1) is 0 Å². The second-order valence-corrected chi connectivity index (χ2v) is 4.70. The van der Waals surface area contributed by atoms with Gasteiger partial charge >= 0.3 is 0 Å². The molecule has 0 unspecified atom stereocenters. The van der Waals surface area contributed by atoms with Gasteiger partial charge in [0, 0.05) is 12.4 Å². The SMILES string of the molecule is Nc1cc(N)c(OCCCc2ccncc2)c(F)c1Cl. The van der Waals surface area contributed by atoms with Crippen LogP contribution in [0.4, 0.5) is 15.8 Å². The molecule has 4 N–H and O–H groups in total. The monoisotopic (exact) mass is 295 g/mol. The molecule has 0 saturated heterocycles. The second-order valence-electron chi connectivity index (χ2n) is 4.32. The van der Waals surface area contributed by atoms with E-state index in [-0.39, 0.29) is 22.1 Å². The molecule has 1 aromatic heterocycles. The summed E-state index contributed by atoms with van der Waals surface area (Å²) in [6.07, 6.45) is 5.00. The highest BCUT2D eigenvalue weighted by molar-refractivity contribution is 6.33. The third-order valence-electron chi connectivity index (χ3n) is 2.82. The molecule has 0 fully saturated rings. The minimum atomic E-state index is -0.715. The lowest BCUT2D eigenvalue weighted by Crippen LogP contribution is -2.05. The average Bonchev–Trinajstić information content (AvgIpc) is 2.45. The third-order valence-corrected chi connectivity index (χ3v) is 3.21. The number of nitrogens with two attached hydrogens (primary N) is 2. The highest BCUT2D eigenvalue weighted by atomic mass is 35.5. The van der Waals surface area contributed by atoms with Crippen LogP contribution in [0.15, 0.2) is 30.6 Å². The largest absolute Gasteiger partial charge is 0.488 e. The lowest BCUT2D eigenvalue weighted by molar-refractivity contribution is 0.297. The molecule has 2 rings (SSSR count). The van der Waals surface area contributed by atoms with Gasteiger partial charge in [0.25, 0.3) is 0 Å². The Hall–Kier alpha value is -2.01. The molecule has 0 atom stereocenters. The van der Waals surface area contributed by atoms with Gasteiger partial charge in [0.2, 0.25) is 0 Å². The number of nitrogen functional groups attached to an aromatic ring is 2. The molecular formula is C14H15ClFN3O. The Bertz CT molecular complexity index is 593. The van der Waals surface area contributed by atoms with Crippen molar-refractivity contribution in [2.45, 2.75) is 12.8 Å². The van der Waals surface area contributed by atoms with Crippen LogP contribution in [0.5, 0.6) is 5.75 Å². The van der Waals surface area contributed by atoms with Gasteiger partial charge in [0.05, 0.1) is 18.0 Å². The summed E-state index contributed by atoms with van der Waals surface area (Å²) >= 11 is 5.72. The zero-order chi connectivity index (χ0) is 14.5. The fourth-order valence-corrected chi connectivity index (χ4v) is 1.94. The smallest absolute Gasteiger partial charge is 0.187 e. The molecule has 0 bridgehead atoms. The molecule has 0 amide bonds. The van der Waals surface area contributed by atoms with E-state index in [0.717, 1.165) is 18.4 Å². The maximum atomic E-state index is 13.8. The molecule has 1 heterocycles. The Morgan fingerprint density at radius 1 is 1.20 bits per heavy atom. The van der Waals surface area contributed by atoms with Gasteiger partial charge in [-0.2, -0.15) is 0 Å². The second kappa shape index (κ2) is 6.43. The molecule has 0 aliphatic carbocycles. The zero-order valence-electron chi connectivity index (χ0n) is 10.8. The summed E-state index contributed by atoms with van der Waals surface area (Å²) in [5, 5.41) is -0.164. The number of anilines is 2. The van der Waals surface area contributed by atoms with Crippen molar-refractivity contribution < 1.29 is 9.13 Å². The number of rotatable bonds is 5. The highest BCUT2D eigenvalue weighted by Gasteiger charge is 2.15. The van der Waals surface area contributed by atoms with Gasteiger partial charge in [0.1, 0.15) is 5.02 Å². The maximum absolute atomic E-state index is 13.8. The number of benzene rings is 1. The summed E-state index contributed by atoms with van der Waals surface area (Å²) in [7, 11) is 0. The Morgan fingerprint density at radius 3 is 2.60 bits per heavy atom. The zero-order valence-corrected chi connectivity index (χ0v) is 11.5. The molecule has 0 spiro atoms. The summed E-state index contributed by atoms with van der Waals surface area (Å²) < 4.78 is 19.2. The van der Waals surface area contributed by atoms with Crippen molar-refractivity contribution in [2.75, 3.05) is 18.1 Å². The van der Waals surface area contributed by atoms with E-state index in [1.807, 2.05) is 12.1 Å². The number of pyridine rings is 1. The first kappa shape index (κ1) is 14.4. The van der Waals surface area contributed by atoms with Crippen molar-refractivity contribution >= 4 is 23.0 Å². The van der Waals surface area contributed by atoms with Crippen molar-refractivity contribution in [3.63, 3.8) is 0 Å². The van der Waals surface area contributed by atoms with E-state index < -0.39 is 5.82 Å². The van der Waals surface area contributed by atoms with Crippen LogP contribution in [0, 0.1) is 5.82 Å². The average molecular weight is 296 g/mol. The van der Waals surface area contributed by atoms with Crippen LogP contribution in [0.1, 0.15) is 12.0 Å². The topological polar surface area (TPSA) is 74.2 Å². The molecular weight excluding hydrogens is 281 g/mol. The van der Waals surface area contributed by atoms with Crippen LogP contribution >= 0.6 is 11.6 Å². The molecule has 0 radical (unpaired) electrons. The number of aryl methyl sites for hydroxylation is 1. The van der Waals surface area contributed by atoms with Crippen LogP contribution in [0.3, 0.4) is 0 Å². The molecule has 1 aromatic carbocycles. The minimum Gasteiger partial charge on any atom is -0.488 e. The normalized spacial score (nSPS) is 10.5. The number of hydrogen-bond acceptors (Lipinski definition) is 4. The Balaban J connectivity index is 1.93. The lowest BCUT2D eigenvalue weighted by Gasteiger charge is -2.12. The number of nitrogens with zero attached hydrogens (tertiary/aromatic N) is 1. The van der Waals surface area contributed by atoms with Crippen molar-refractivity contribution in [1.82, 2.24) is 4.98 Å². The Morgan fingerprint density at radius 2 is 1.90 bits per heavy atom. The van der Waals surface area contributed by atoms with Crippen LogP contribution < -0.4 is 16.2 Å².